The quantitative estimate of drug-likeness (QED) is 0.155. The minimum atomic E-state index is -1.68. The van der Waals surface area contributed by atoms with Gasteiger partial charge in [0.1, 0.15) is 11.8 Å². The summed E-state index contributed by atoms with van der Waals surface area (Å²) in [4.78, 5) is 64.8. The molecule has 40 heavy (non-hydrogen) atoms. The molecular formula is C24H24BClN4O10. The number of imide groups is 1. The number of hydrogen-bond donors (Lipinski definition) is 6. The van der Waals surface area contributed by atoms with Crippen molar-refractivity contribution in [2.24, 2.45) is 0 Å². The van der Waals surface area contributed by atoms with Gasteiger partial charge in [-0.3, -0.25) is 19.3 Å². The van der Waals surface area contributed by atoms with E-state index in [-0.39, 0.29) is 42.9 Å². The summed E-state index contributed by atoms with van der Waals surface area (Å²) in [6.45, 7) is 1.86. The van der Waals surface area contributed by atoms with Gasteiger partial charge >= 0.3 is 30.9 Å². The van der Waals surface area contributed by atoms with Crippen molar-refractivity contribution in [3.05, 3.63) is 52.0 Å². The number of aromatic hydroxyl groups is 2. The number of carbonyl (C=O) groups excluding carboxylic acids is 4. The van der Waals surface area contributed by atoms with Gasteiger partial charge in [-0.05, 0) is 31.0 Å². The van der Waals surface area contributed by atoms with Crippen LogP contribution >= 0.6 is 11.6 Å². The highest BCUT2D eigenvalue weighted by atomic mass is 35.5. The van der Waals surface area contributed by atoms with E-state index < -0.39 is 65.3 Å². The molecule has 0 aromatic heterocycles. The van der Waals surface area contributed by atoms with Crippen molar-refractivity contribution < 1.29 is 49.0 Å². The number of nitrogens with one attached hydrogen (secondary N) is 2. The second kappa shape index (κ2) is 11.3. The maximum absolute atomic E-state index is 13.5. The van der Waals surface area contributed by atoms with Crippen molar-refractivity contribution >= 4 is 48.4 Å². The molecular weight excluding hydrogens is 551 g/mol. The van der Waals surface area contributed by atoms with Crippen LogP contribution in [0.2, 0.25) is 5.02 Å². The number of likely N-dealkylation sites (N-methyl/N-ethyl adjacent to an activating group) is 1. The highest BCUT2D eigenvalue weighted by Crippen LogP contribution is 2.38. The summed E-state index contributed by atoms with van der Waals surface area (Å²) in [5, 5.41) is 44.2. The Morgan fingerprint density at radius 2 is 1.88 bits per heavy atom. The lowest BCUT2D eigenvalue weighted by molar-refractivity contribution is -0.153. The molecule has 2 aromatic rings. The Balaban J connectivity index is 1.61. The molecule has 0 saturated carbocycles. The highest BCUT2D eigenvalue weighted by Gasteiger charge is 2.41. The highest BCUT2D eigenvalue weighted by molar-refractivity contribution is 6.47. The fraction of sp³-hybridized carbons (Fsp3) is 0.292. The van der Waals surface area contributed by atoms with Gasteiger partial charge in [-0.2, -0.15) is 0 Å². The molecule has 2 atom stereocenters. The van der Waals surface area contributed by atoms with Gasteiger partial charge in [0.25, 0.3) is 0 Å². The van der Waals surface area contributed by atoms with Crippen LogP contribution in [-0.2, 0) is 20.8 Å². The van der Waals surface area contributed by atoms with Crippen LogP contribution in [0.3, 0.4) is 0 Å². The van der Waals surface area contributed by atoms with Crippen molar-refractivity contribution in [1.82, 2.24) is 20.4 Å². The standard InChI is InChI=1S/C24H24BClN4O10/c1-2-29-8-9-30(22(35)21(29)34)24(38)28-17(12-6-7-14(31)18(32)16(12)26)20(33)27-15-10-11-4-3-5-13(23(36)37)19(11)40-25(15)39/h3-7,15,17,31-32,39H,2,8-10H2,1H3,(H,27,33)(H,28,38)(H,36,37)/t15-,17?/m0/s1. The molecule has 16 heteroatoms. The summed E-state index contributed by atoms with van der Waals surface area (Å²) < 4.78 is 5.38. The monoisotopic (exact) mass is 574 g/mol. The van der Waals surface area contributed by atoms with Crippen LogP contribution in [0.5, 0.6) is 17.2 Å². The van der Waals surface area contributed by atoms with Gasteiger partial charge in [-0.25, -0.2) is 9.59 Å². The molecule has 2 aliphatic rings. The Kier molecular flexibility index (Phi) is 8.07. The molecule has 2 aliphatic heterocycles. The van der Waals surface area contributed by atoms with Crippen molar-refractivity contribution in [1.29, 1.82) is 0 Å². The number of benzene rings is 2. The first-order valence-corrected chi connectivity index (χ1v) is 12.4. The molecule has 5 amide bonds. The molecule has 0 radical (unpaired) electrons. The average molecular weight is 575 g/mol. The first-order chi connectivity index (χ1) is 18.9. The fourth-order valence-electron chi connectivity index (χ4n) is 4.43. The molecule has 6 N–H and O–H groups in total. The lowest BCUT2D eigenvalue weighted by atomic mass is 9.72. The maximum Gasteiger partial charge on any atom is 0.547 e. The van der Waals surface area contributed by atoms with Gasteiger partial charge in [-0.1, -0.05) is 29.8 Å². The molecule has 0 aliphatic carbocycles. The molecule has 2 aromatic carbocycles. The lowest BCUT2D eigenvalue weighted by Gasteiger charge is -2.33. The lowest BCUT2D eigenvalue weighted by Crippen LogP contribution is -2.60. The molecule has 4 rings (SSSR count). The topological polar surface area (TPSA) is 206 Å². The third-order valence-electron chi connectivity index (χ3n) is 6.58. The largest absolute Gasteiger partial charge is 0.547 e. The van der Waals surface area contributed by atoms with E-state index in [9.17, 15) is 44.3 Å². The van der Waals surface area contributed by atoms with Crippen molar-refractivity contribution in [3.63, 3.8) is 0 Å². The van der Waals surface area contributed by atoms with Crippen LogP contribution < -0.4 is 15.3 Å². The smallest absolute Gasteiger partial charge is 0.534 e. The van der Waals surface area contributed by atoms with Crippen LogP contribution in [0.15, 0.2) is 30.3 Å². The van der Waals surface area contributed by atoms with E-state index in [0.717, 1.165) is 12.1 Å². The van der Waals surface area contributed by atoms with Gasteiger partial charge in [0, 0.05) is 25.2 Å². The van der Waals surface area contributed by atoms with E-state index >= 15 is 0 Å². The fourth-order valence-corrected chi connectivity index (χ4v) is 4.70. The number of piperazine rings is 1. The molecule has 1 fully saturated rings. The first kappa shape index (κ1) is 28.5. The Morgan fingerprint density at radius 3 is 2.55 bits per heavy atom. The van der Waals surface area contributed by atoms with E-state index in [0.29, 0.717) is 10.5 Å². The first-order valence-electron chi connectivity index (χ1n) is 12.1. The number of urea groups is 1. The minimum absolute atomic E-state index is 0.0510. The number of phenolic OH excluding ortho intramolecular Hbond substituents is 2. The number of rotatable bonds is 6. The van der Waals surface area contributed by atoms with Crippen LogP contribution in [0.25, 0.3) is 0 Å². The predicted octanol–water partition coefficient (Wildman–Crippen LogP) is 0.0304. The van der Waals surface area contributed by atoms with Crippen LogP contribution in [0.4, 0.5) is 4.79 Å². The summed E-state index contributed by atoms with van der Waals surface area (Å²) in [5.41, 5.74) is 0.0306. The Hall–Kier alpha value is -4.50. The number of phenols is 2. The van der Waals surface area contributed by atoms with Gasteiger partial charge in [0.2, 0.25) is 5.91 Å². The van der Waals surface area contributed by atoms with Gasteiger partial charge < -0.3 is 40.5 Å². The Morgan fingerprint density at radius 1 is 1.15 bits per heavy atom. The molecule has 0 spiro atoms. The zero-order valence-corrected chi connectivity index (χ0v) is 21.7. The third kappa shape index (κ3) is 5.33. The zero-order valence-electron chi connectivity index (χ0n) is 21.0. The summed E-state index contributed by atoms with van der Waals surface area (Å²) in [6, 6.07) is 3.73. The van der Waals surface area contributed by atoms with Crippen molar-refractivity contribution in [2.75, 3.05) is 19.6 Å². The van der Waals surface area contributed by atoms with Gasteiger partial charge in [0.05, 0.1) is 16.5 Å². The number of para-hydroxylation sites is 1. The molecule has 210 valence electrons. The van der Waals surface area contributed by atoms with E-state index in [1.165, 1.54) is 17.0 Å². The molecule has 2 heterocycles. The summed E-state index contributed by atoms with van der Waals surface area (Å²) in [6.07, 6.45) is -0.0510. The van der Waals surface area contributed by atoms with Crippen LogP contribution in [0.1, 0.15) is 34.5 Å². The number of hydrogen-bond acceptors (Lipinski definition) is 9. The number of halogens is 1. The summed E-state index contributed by atoms with van der Waals surface area (Å²) in [7, 11) is -1.68. The maximum atomic E-state index is 13.5. The SMILES string of the molecule is CCN1CCN(C(=O)NC(C(=O)N[C@H]2Cc3cccc(C(=O)O)c3OB2O)c2ccc(O)c(O)c2Cl)C(=O)C1=O. The van der Waals surface area contributed by atoms with E-state index in [1.54, 1.807) is 13.0 Å². The number of nitrogens with zero attached hydrogens (tertiary/aromatic N) is 2. The third-order valence-corrected chi connectivity index (χ3v) is 6.98. The van der Waals surface area contributed by atoms with Crippen molar-refractivity contribution in [3.8, 4) is 17.2 Å². The van der Waals surface area contributed by atoms with E-state index in [4.69, 9.17) is 16.3 Å². The number of amides is 5. The zero-order chi connectivity index (χ0) is 29.3. The van der Waals surface area contributed by atoms with E-state index in [1.807, 2.05) is 0 Å². The molecule has 0 bridgehead atoms. The van der Waals surface area contributed by atoms with E-state index in [2.05, 4.69) is 10.6 Å². The average Bonchev–Trinajstić information content (AvgIpc) is 2.92. The van der Waals surface area contributed by atoms with Crippen LogP contribution in [-0.4, -0.2) is 92.6 Å². The number of fused-ring (bicyclic) bond motifs is 1. The summed E-state index contributed by atoms with van der Waals surface area (Å²) in [5.74, 6) is -6.79. The number of carbonyl (C=O) groups is 5. The van der Waals surface area contributed by atoms with Gasteiger partial charge in [0.15, 0.2) is 11.5 Å². The second-order valence-corrected chi connectivity index (χ2v) is 9.37. The second-order valence-electron chi connectivity index (χ2n) is 8.99. The minimum Gasteiger partial charge on any atom is -0.534 e. The van der Waals surface area contributed by atoms with Gasteiger partial charge in [-0.15, -0.1) is 0 Å². The van der Waals surface area contributed by atoms with Crippen molar-refractivity contribution in [2.45, 2.75) is 25.3 Å². The molecule has 14 nitrogen and oxygen atoms in total. The molecule has 1 saturated heterocycles. The molecule has 1 unspecified atom stereocenters. The number of carboxylic acids is 1. The van der Waals surface area contributed by atoms with Crippen LogP contribution in [0, 0.1) is 0 Å². The summed E-state index contributed by atoms with van der Waals surface area (Å²) >= 11 is 6.17. The number of aromatic carboxylic acids is 1. The normalized spacial score (nSPS) is 17.6. The predicted molar refractivity (Wildman–Crippen MR) is 138 cm³/mol. The Labute approximate surface area is 232 Å². The Bertz CT molecular complexity index is 1410. The number of carboxylic acid groups (broad SMARTS) is 1.